The molecule has 12 heteroatoms. The number of amides is 3. The van der Waals surface area contributed by atoms with E-state index in [9.17, 15) is 14.0 Å². The van der Waals surface area contributed by atoms with Gasteiger partial charge in [-0.15, -0.1) is 4.98 Å². The maximum Gasteiger partial charge on any atom is 0.328 e. The predicted octanol–water partition coefficient (Wildman–Crippen LogP) is 2.99. The molecule has 0 aliphatic rings. The van der Waals surface area contributed by atoms with Crippen molar-refractivity contribution in [2.45, 2.75) is 33.7 Å². The van der Waals surface area contributed by atoms with E-state index in [1.807, 2.05) is 13.8 Å². The number of urea groups is 1. The van der Waals surface area contributed by atoms with Crippen LogP contribution in [0.2, 0.25) is 0 Å². The Bertz CT molecular complexity index is 1280. The smallest absolute Gasteiger partial charge is 0.328 e. The Kier molecular flexibility index (Phi) is 8.55. The summed E-state index contributed by atoms with van der Waals surface area (Å²) < 4.78 is 18.9. The van der Waals surface area contributed by atoms with E-state index in [2.05, 4.69) is 42.1 Å². The minimum Gasteiger partial charge on any atom is -0.467 e. The molecule has 0 radical (unpaired) electrons. The van der Waals surface area contributed by atoms with E-state index in [1.165, 1.54) is 25.0 Å². The molecule has 0 unspecified atom stereocenters. The van der Waals surface area contributed by atoms with Crippen molar-refractivity contribution in [2.24, 2.45) is 0 Å². The number of carbonyl (C=O) groups excluding carboxylic acids is 2. The lowest BCUT2D eigenvalue weighted by atomic mass is 10.0. The number of carbonyl (C=O) groups is 2. The highest BCUT2D eigenvalue weighted by Crippen LogP contribution is 2.26. The van der Waals surface area contributed by atoms with Crippen LogP contribution in [0.3, 0.4) is 0 Å². The SMILES string of the molecule is C=Cc1ncc(C)c(CCNC(C)=O)c1NC(=O)N(Cc1nc(F)nc(OC)n1)c1cc(C)ccn1. The lowest BCUT2D eigenvalue weighted by Crippen LogP contribution is -2.36. The average molecular weight is 495 g/mol. The van der Waals surface area contributed by atoms with Gasteiger partial charge in [0.05, 0.1) is 25.0 Å². The Morgan fingerprint density at radius 2 is 2.00 bits per heavy atom. The van der Waals surface area contributed by atoms with Crippen molar-refractivity contribution in [3.05, 3.63) is 65.4 Å². The molecule has 3 heterocycles. The second-order valence-electron chi connectivity index (χ2n) is 7.83. The molecule has 188 valence electrons. The van der Waals surface area contributed by atoms with Gasteiger partial charge < -0.3 is 15.4 Å². The molecule has 3 rings (SSSR count). The van der Waals surface area contributed by atoms with Crippen LogP contribution < -0.4 is 20.3 Å². The van der Waals surface area contributed by atoms with Gasteiger partial charge in [-0.2, -0.15) is 14.4 Å². The number of anilines is 2. The number of ether oxygens (including phenoxy) is 1. The number of hydrogen-bond acceptors (Lipinski definition) is 8. The maximum atomic E-state index is 13.9. The summed E-state index contributed by atoms with van der Waals surface area (Å²) in [5.74, 6) is 0.107. The Morgan fingerprint density at radius 3 is 2.67 bits per heavy atom. The zero-order valence-electron chi connectivity index (χ0n) is 20.5. The summed E-state index contributed by atoms with van der Waals surface area (Å²) in [6.07, 6.45) is 4.17. The normalized spacial score (nSPS) is 10.5. The number of aromatic nitrogens is 5. The molecule has 2 N–H and O–H groups in total. The zero-order chi connectivity index (χ0) is 26.2. The molecule has 3 aromatic heterocycles. The molecule has 0 saturated carbocycles. The standard InChI is InChI=1S/C24H27FN8O3/c1-6-18-21(17(15(3)12-28-18)8-10-26-16(4)34)31-24(35)33(20-11-14(2)7-9-27-20)13-19-29-22(25)32-23(30-19)36-5/h6-7,9,11-12H,1,8,10,13H2,2-5H3,(H,26,34)(H,31,35). The first-order valence-corrected chi connectivity index (χ1v) is 11.0. The van der Waals surface area contributed by atoms with Gasteiger partial charge in [-0.3, -0.25) is 14.7 Å². The third-order valence-corrected chi connectivity index (χ3v) is 5.14. The van der Waals surface area contributed by atoms with Crippen molar-refractivity contribution in [2.75, 3.05) is 23.9 Å². The van der Waals surface area contributed by atoms with Gasteiger partial charge in [-0.25, -0.2) is 9.78 Å². The number of halogens is 1. The van der Waals surface area contributed by atoms with Crippen LogP contribution in [0.4, 0.5) is 20.7 Å². The molecular weight excluding hydrogens is 467 g/mol. The van der Waals surface area contributed by atoms with E-state index in [0.717, 1.165) is 16.7 Å². The third kappa shape index (κ3) is 6.56. The van der Waals surface area contributed by atoms with Crippen molar-refractivity contribution in [1.82, 2.24) is 30.2 Å². The van der Waals surface area contributed by atoms with Gasteiger partial charge in [0.15, 0.2) is 5.82 Å². The number of rotatable bonds is 9. The molecule has 0 atom stereocenters. The third-order valence-electron chi connectivity index (χ3n) is 5.14. The van der Waals surface area contributed by atoms with E-state index in [-0.39, 0.29) is 24.3 Å². The largest absolute Gasteiger partial charge is 0.467 e. The molecule has 0 aliphatic heterocycles. The van der Waals surface area contributed by atoms with Crippen LogP contribution in [0.5, 0.6) is 6.01 Å². The van der Waals surface area contributed by atoms with E-state index in [1.54, 1.807) is 24.5 Å². The van der Waals surface area contributed by atoms with Crippen LogP contribution in [0.25, 0.3) is 6.08 Å². The Hall–Kier alpha value is -4.48. The van der Waals surface area contributed by atoms with Crippen LogP contribution in [-0.2, 0) is 17.8 Å². The summed E-state index contributed by atoms with van der Waals surface area (Å²) in [7, 11) is 1.30. The van der Waals surface area contributed by atoms with E-state index in [0.29, 0.717) is 30.2 Å². The molecule has 11 nitrogen and oxygen atoms in total. The van der Waals surface area contributed by atoms with Crippen LogP contribution >= 0.6 is 0 Å². The zero-order valence-corrected chi connectivity index (χ0v) is 20.5. The highest BCUT2D eigenvalue weighted by atomic mass is 19.1. The monoisotopic (exact) mass is 494 g/mol. The topological polar surface area (TPSA) is 135 Å². The summed E-state index contributed by atoms with van der Waals surface area (Å²) in [5.41, 5.74) is 3.37. The average Bonchev–Trinajstić information content (AvgIpc) is 2.83. The van der Waals surface area contributed by atoms with Crippen LogP contribution in [0.15, 0.2) is 31.1 Å². The van der Waals surface area contributed by atoms with Crippen LogP contribution in [-0.4, -0.2) is 50.5 Å². The van der Waals surface area contributed by atoms with Gasteiger partial charge in [0.1, 0.15) is 5.82 Å². The molecule has 0 bridgehead atoms. The van der Waals surface area contributed by atoms with Crippen LogP contribution in [0, 0.1) is 19.9 Å². The second kappa shape index (κ2) is 11.8. The van der Waals surface area contributed by atoms with Gasteiger partial charge in [0, 0.05) is 25.9 Å². The molecule has 0 saturated heterocycles. The first kappa shape index (κ1) is 26.1. The molecule has 3 amide bonds. The molecular formula is C24H27FN8O3. The van der Waals surface area contributed by atoms with E-state index in [4.69, 9.17) is 4.74 Å². The van der Waals surface area contributed by atoms with Crippen molar-refractivity contribution < 1.29 is 18.7 Å². The van der Waals surface area contributed by atoms with Gasteiger partial charge in [0.25, 0.3) is 0 Å². The molecule has 36 heavy (non-hydrogen) atoms. The highest BCUT2D eigenvalue weighted by Gasteiger charge is 2.23. The molecule has 0 fully saturated rings. The number of hydrogen-bond donors (Lipinski definition) is 2. The minimum atomic E-state index is -1.04. The van der Waals surface area contributed by atoms with Crippen molar-refractivity contribution in [3.8, 4) is 6.01 Å². The predicted molar refractivity (Wildman–Crippen MR) is 132 cm³/mol. The van der Waals surface area contributed by atoms with Gasteiger partial charge in [-0.1, -0.05) is 6.58 Å². The summed E-state index contributed by atoms with van der Waals surface area (Å²) in [5, 5.41) is 5.65. The Morgan fingerprint density at radius 1 is 1.22 bits per heavy atom. The van der Waals surface area contributed by atoms with Gasteiger partial charge >= 0.3 is 18.1 Å². The molecule has 0 aromatic carbocycles. The van der Waals surface area contributed by atoms with Gasteiger partial charge in [0.2, 0.25) is 5.91 Å². The second-order valence-corrected chi connectivity index (χ2v) is 7.83. The summed E-state index contributed by atoms with van der Waals surface area (Å²) in [4.78, 5) is 46.1. The van der Waals surface area contributed by atoms with Crippen molar-refractivity contribution in [1.29, 1.82) is 0 Å². The summed E-state index contributed by atoms with van der Waals surface area (Å²) >= 11 is 0. The number of methoxy groups -OCH3 is 1. The number of nitrogens with one attached hydrogen (secondary N) is 2. The molecule has 3 aromatic rings. The van der Waals surface area contributed by atoms with Crippen molar-refractivity contribution in [3.63, 3.8) is 0 Å². The van der Waals surface area contributed by atoms with Gasteiger partial charge in [-0.05, 0) is 55.2 Å². The Labute approximate surface area is 207 Å². The Balaban J connectivity index is 2.00. The highest BCUT2D eigenvalue weighted by molar-refractivity contribution is 6.02. The van der Waals surface area contributed by atoms with E-state index >= 15 is 0 Å². The first-order chi connectivity index (χ1) is 17.2. The fourth-order valence-corrected chi connectivity index (χ4v) is 3.41. The fourth-order valence-electron chi connectivity index (χ4n) is 3.41. The molecule has 0 spiro atoms. The lowest BCUT2D eigenvalue weighted by molar-refractivity contribution is -0.118. The van der Waals surface area contributed by atoms with Crippen molar-refractivity contribution >= 4 is 29.5 Å². The number of aryl methyl sites for hydroxylation is 2. The first-order valence-electron chi connectivity index (χ1n) is 11.0. The molecule has 0 aliphatic carbocycles. The van der Waals surface area contributed by atoms with Crippen LogP contribution in [0.1, 0.15) is 35.1 Å². The quantitative estimate of drug-likeness (QED) is 0.464. The summed E-state index contributed by atoms with van der Waals surface area (Å²) in [6, 6.07) is 2.69. The fraction of sp³-hybridized carbons (Fsp3) is 0.292. The number of pyridine rings is 2. The lowest BCUT2D eigenvalue weighted by Gasteiger charge is -2.24. The maximum absolute atomic E-state index is 13.9. The minimum absolute atomic E-state index is 0.0324. The van der Waals surface area contributed by atoms with E-state index < -0.39 is 12.1 Å². The number of nitrogens with zero attached hydrogens (tertiary/aromatic N) is 6. The summed E-state index contributed by atoms with van der Waals surface area (Å²) in [6.45, 7) is 9.09.